The van der Waals surface area contributed by atoms with Crippen LogP contribution in [0.15, 0.2) is 36.5 Å². The Bertz CT molecular complexity index is 1290. The van der Waals surface area contributed by atoms with Crippen molar-refractivity contribution in [1.82, 2.24) is 20.0 Å². The van der Waals surface area contributed by atoms with E-state index in [1.54, 1.807) is 20.3 Å². The number of aromatic nitrogens is 4. The van der Waals surface area contributed by atoms with E-state index in [2.05, 4.69) is 20.8 Å². The van der Waals surface area contributed by atoms with E-state index < -0.39 is 5.91 Å². The van der Waals surface area contributed by atoms with Gasteiger partial charge in [0.2, 0.25) is 5.91 Å². The molecule has 0 spiro atoms. The third-order valence-electron chi connectivity index (χ3n) is 6.24. The molecule has 12 nitrogen and oxygen atoms in total. The highest BCUT2D eigenvalue weighted by Crippen LogP contribution is 2.38. The smallest absolute Gasteiger partial charge is 0.271 e. The number of hydrogen-bond acceptors (Lipinski definition) is 9. The fraction of sp³-hybridized carbons (Fsp3) is 0.375. The van der Waals surface area contributed by atoms with Crippen LogP contribution in [-0.2, 0) is 14.3 Å². The fourth-order valence-corrected chi connectivity index (χ4v) is 4.17. The third-order valence-corrected chi connectivity index (χ3v) is 6.24. The quantitative estimate of drug-likeness (QED) is 0.406. The molecule has 0 bridgehead atoms. The van der Waals surface area contributed by atoms with Crippen LogP contribution >= 0.6 is 0 Å². The highest BCUT2D eigenvalue weighted by atomic mass is 16.5. The van der Waals surface area contributed by atoms with E-state index >= 15 is 0 Å². The van der Waals surface area contributed by atoms with Crippen molar-refractivity contribution in [1.29, 1.82) is 0 Å². The molecule has 2 aliphatic rings. The van der Waals surface area contributed by atoms with Crippen LogP contribution in [0.3, 0.4) is 0 Å². The van der Waals surface area contributed by atoms with Crippen molar-refractivity contribution in [3.8, 4) is 17.0 Å². The first-order valence-corrected chi connectivity index (χ1v) is 11.6. The molecule has 4 N–H and O–H groups in total. The summed E-state index contributed by atoms with van der Waals surface area (Å²) in [5, 5.41) is 18.5. The monoisotopic (exact) mass is 493 g/mol. The van der Waals surface area contributed by atoms with Crippen LogP contribution in [0.2, 0.25) is 0 Å². The Balaban J connectivity index is 1.45. The van der Waals surface area contributed by atoms with E-state index in [1.807, 2.05) is 29.1 Å². The lowest BCUT2D eigenvalue weighted by Gasteiger charge is -2.17. The lowest BCUT2D eigenvalue weighted by Crippen LogP contribution is -2.24. The molecule has 1 aromatic carbocycles. The van der Waals surface area contributed by atoms with Crippen LogP contribution in [0.5, 0.6) is 5.75 Å². The van der Waals surface area contributed by atoms with Gasteiger partial charge >= 0.3 is 0 Å². The number of nitrogens with two attached hydrogens (primary N) is 1. The number of primary amides is 1. The standard InChI is InChI=1S/C24H27N7O5/c1-34-19-12-36-11-18(19)31-9-8-15(30-31)14-4-3-5-16(22(14)35-2)26-17-10-20(27-24(33)13-6-7-13)28-29-21(17)23(25)32/h3-5,8-10,13,18-19H,6-7,11-12H2,1-2H3,(H2,25,32)(H2,26,27,28,33)/t18-,19-/m0/s1. The Morgan fingerprint density at radius 2 is 1.97 bits per heavy atom. The molecule has 2 aromatic heterocycles. The van der Waals surface area contributed by atoms with Crippen molar-refractivity contribution >= 4 is 29.0 Å². The van der Waals surface area contributed by atoms with Crippen molar-refractivity contribution in [3.05, 3.63) is 42.2 Å². The third kappa shape index (κ3) is 4.72. The number of rotatable bonds is 9. The summed E-state index contributed by atoms with van der Waals surface area (Å²) in [4.78, 5) is 24.2. The normalized spacial score (nSPS) is 19.2. The molecule has 2 fully saturated rings. The van der Waals surface area contributed by atoms with Gasteiger partial charge in [0.15, 0.2) is 17.3 Å². The number of carbonyl (C=O) groups is 2. The van der Waals surface area contributed by atoms with Crippen LogP contribution in [0.25, 0.3) is 11.3 Å². The number of anilines is 3. The maximum Gasteiger partial charge on any atom is 0.271 e. The van der Waals surface area contributed by atoms with E-state index in [4.69, 9.17) is 25.0 Å². The number of methoxy groups -OCH3 is 2. The molecule has 1 saturated carbocycles. The van der Waals surface area contributed by atoms with Crippen LogP contribution in [0.1, 0.15) is 29.4 Å². The van der Waals surface area contributed by atoms with Gasteiger partial charge in [-0.1, -0.05) is 6.07 Å². The zero-order valence-electron chi connectivity index (χ0n) is 19.9. The van der Waals surface area contributed by atoms with Gasteiger partial charge in [-0.2, -0.15) is 5.10 Å². The first-order valence-electron chi connectivity index (χ1n) is 11.6. The summed E-state index contributed by atoms with van der Waals surface area (Å²) >= 11 is 0. The minimum atomic E-state index is -0.759. The zero-order chi connectivity index (χ0) is 25.2. The molecular weight excluding hydrogens is 466 g/mol. The Morgan fingerprint density at radius 3 is 2.69 bits per heavy atom. The van der Waals surface area contributed by atoms with Crippen molar-refractivity contribution in [2.75, 3.05) is 38.1 Å². The summed E-state index contributed by atoms with van der Waals surface area (Å²) in [7, 11) is 3.21. The van der Waals surface area contributed by atoms with E-state index in [1.165, 1.54) is 6.07 Å². The maximum absolute atomic E-state index is 12.2. The molecule has 188 valence electrons. The number of amides is 2. The maximum atomic E-state index is 12.2. The Labute approximate surface area is 207 Å². The summed E-state index contributed by atoms with van der Waals surface area (Å²) < 4.78 is 18.6. The number of nitrogens with one attached hydrogen (secondary N) is 2. The van der Waals surface area contributed by atoms with Crippen molar-refractivity contribution in [3.63, 3.8) is 0 Å². The second-order valence-electron chi connectivity index (χ2n) is 8.69. The molecule has 1 aliphatic heterocycles. The lowest BCUT2D eigenvalue weighted by molar-refractivity contribution is -0.117. The molecule has 1 aliphatic carbocycles. The largest absolute Gasteiger partial charge is 0.494 e. The van der Waals surface area contributed by atoms with E-state index in [0.717, 1.165) is 18.4 Å². The molecule has 12 heteroatoms. The van der Waals surface area contributed by atoms with E-state index in [9.17, 15) is 9.59 Å². The molecule has 3 heterocycles. The van der Waals surface area contributed by atoms with Gasteiger partial charge in [0, 0.05) is 30.9 Å². The van der Waals surface area contributed by atoms with Crippen LogP contribution < -0.4 is 21.1 Å². The predicted molar refractivity (Wildman–Crippen MR) is 130 cm³/mol. The Hall–Kier alpha value is -4.03. The molecule has 1 saturated heterocycles. The topological polar surface area (TPSA) is 156 Å². The highest BCUT2D eigenvalue weighted by molar-refractivity contribution is 5.99. The SMILES string of the molecule is COc1c(Nc2cc(NC(=O)C3CC3)nnc2C(N)=O)cccc1-c1ccn([C@H]2COC[C@@H]2OC)n1. The van der Waals surface area contributed by atoms with Crippen molar-refractivity contribution < 1.29 is 23.8 Å². The Kier molecular flexibility index (Phi) is 6.53. The van der Waals surface area contributed by atoms with Crippen LogP contribution in [0.4, 0.5) is 17.2 Å². The number of ether oxygens (including phenoxy) is 3. The van der Waals surface area contributed by atoms with Crippen molar-refractivity contribution in [2.24, 2.45) is 11.7 Å². The van der Waals surface area contributed by atoms with E-state index in [0.29, 0.717) is 30.3 Å². The summed E-state index contributed by atoms with van der Waals surface area (Å²) in [5.74, 6) is -0.166. The van der Waals surface area contributed by atoms with Gasteiger partial charge in [-0.25, -0.2) is 0 Å². The molecule has 0 unspecified atom stereocenters. The number of benzene rings is 1. The fourth-order valence-electron chi connectivity index (χ4n) is 4.17. The summed E-state index contributed by atoms with van der Waals surface area (Å²) in [6.07, 6.45) is 3.51. The number of carbonyl (C=O) groups excluding carboxylic acids is 2. The second-order valence-corrected chi connectivity index (χ2v) is 8.69. The van der Waals surface area contributed by atoms with Crippen LogP contribution in [0, 0.1) is 5.92 Å². The molecule has 2 atom stereocenters. The highest BCUT2D eigenvalue weighted by Gasteiger charge is 2.31. The van der Waals surface area contributed by atoms with Gasteiger partial charge < -0.3 is 30.6 Å². The summed E-state index contributed by atoms with van der Waals surface area (Å²) in [5.41, 5.74) is 7.72. The predicted octanol–water partition coefficient (Wildman–Crippen LogP) is 2.13. The molecular formula is C24H27N7O5. The number of nitrogens with zero attached hydrogens (tertiary/aromatic N) is 4. The molecule has 3 aromatic rings. The van der Waals surface area contributed by atoms with Gasteiger partial charge in [-0.3, -0.25) is 14.3 Å². The lowest BCUT2D eigenvalue weighted by atomic mass is 10.1. The first-order chi connectivity index (χ1) is 17.5. The Morgan fingerprint density at radius 1 is 1.14 bits per heavy atom. The zero-order valence-corrected chi connectivity index (χ0v) is 19.9. The minimum absolute atomic E-state index is 0.00873. The minimum Gasteiger partial charge on any atom is -0.494 e. The summed E-state index contributed by atoms with van der Waals surface area (Å²) in [6.45, 7) is 1.03. The van der Waals surface area contributed by atoms with Gasteiger partial charge in [-0.05, 0) is 31.0 Å². The molecule has 2 amide bonds. The molecule has 0 radical (unpaired) electrons. The van der Waals surface area contributed by atoms with E-state index in [-0.39, 0.29) is 41.2 Å². The van der Waals surface area contributed by atoms with Gasteiger partial charge in [0.25, 0.3) is 5.91 Å². The summed E-state index contributed by atoms with van der Waals surface area (Å²) in [6, 6.07) is 8.90. The van der Waals surface area contributed by atoms with Gasteiger partial charge in [0.1, 0.15) is 12.1 Å². The number of para-hydroxylation sites is 1. The first kappa shape index (κ1) is 23.7. The number of hydrogen-bond donors (Lipinski definition) is 3. The van der Waals surface area contributed by atoms with Crippen molar-refractivity contribution in [2.45, 2.75) is 25.0 Å². The van der Waals surface area contributed by atoms with Gasteiger partial charge in [-0.15, -0.1) is 10.2 Å². The molecule has 36 heavy (non-hydrogen) atoms. The average Bonchev–Trinajstić information content (AvgIpc) is 3.42. The molecule has 5 rings (SSSR count). The van der Waals surface area contributed by atoms with Gasteiger partial charge in [0.05, 0.1) is 37.4 Å². The second kappa shape index (κ2) is 9.91. The van der Waals surface area contributed by atoms with Crippen LogP contribution in [-0.4, -0.2) is 65.3 Å². The average molecular weight is 494 g/mol.